The van der Waals surface area contributed by atoms with Gasteiger partial charge in [-0.15, -0.1) is 0 Å². The highest BCUT2D eigenvalue weighted by atomic mass is 35.5. The maximum atomic E-state index is 12.2. The number of sulfone groups is 1. The van der Waals surface area contributed by atoms with Crippen LogP contribution in [0.4, 0.5) is 0 Å². The molecule has 0 fully saturated rings. The van der Waals surface area contributed by atoms with Crippen molar-refractivity contribution in [2.75, 3.05) is 12.9 Å². The van der Waals surface area contributed by atoms with Gasteiger partial charge in [-0.25, -0.2) is 8.42 Å². The van der Waals surface area contributed by atoms with Crippen molar-refractivity contribution >= 4 is 33.2 Å². The third-order valence-electron chi connectivity index (χ3n) is 3.82. The highest BCUT2D eigenvalue weighted by molar-refractivity contribution is 7.91. The Bertz CT molecular complexity index is 935. The molecule has 0 saturated heterocycles. The summed E-state index contributed by atoms with van der Waals surface area (Å²) in [5, 5.41) is 0.426. The number of rotatable bonds is 8. The third kappa shape index (κ3) is 5.80. The van der Waals surface area contributed by atoms with E-state index in [9.17, 15) is 18.0 Å². The van der Waals surface area contributed by atoms with E-state index in [0.717, 1.165) is 0 Å². The van der Waals surface area contributed by atoms with Crippen molar-refractivity contribution in [1.82, 2.24) is 0 Å². The highest BCUT2D eigenvalue weighted by Gasteiger charge is 2.18. The van der Waals surface area contributed by atoms with Crippen LogP contribution in [0.5, 0.6) is 5.75 Å². The summed E-state index contributed by atoms with van der Waals surface area (Å²) in [6, 6.07) is 10.5. The molecule has 2 aromatic carbocycles. The van der Waals surface area contributed by atoms with Gasteiger partial charge in [0.15, 0.2) is 15.6 Å². The molecule has 0 N–H and O–H groups in total. The summed E-state index contributed by atoms with van der Waals surface area (Å²) in [5.41, 5.74) is 0.992. The highest BCUT2D eigenvalue weighted by Crippen LogP contribution is 2.22. The van der Waals surface area contributed by atoms with Crippen LogP contribution < -0.4 is 4.74 Å². The van der Waals surface area contributed by atoms with Crippen molar-refractivity contribution < 1.29 is 27.5 Å². The van der Waals surface area contributed by atoms with Crippen molar-refractivity contribution in [2.24, 2.45) is 0 Å². The largest absolute Gasteiger partial charge is 0.496 e. The molecule has 2 aromatic rings. The Morgan fingerprint density at radius 2 is 1.74 bits per heavy atom. The summed E-state index contributed by atoms with van der Waals surface area (Å²) < 4.78 is 34.8. The van der Waals surface area contributed by atoms with Crippen LogP contribution in [0.1, 0.15) is 29.3 Å². The van der Waals surface area contributed by atoms with Gasteiger partial charge in [0.2, 0.25) is 0 Å². The molecular weight excluding hydrogens is 392 g/mol. The Morgan fingerprint density at radius 3 is 2.33 bits per heavy atom. The fourth-order valence-corrected chi connectivity index (χ4v) is 3.67. The Morgan fingerprint density at radius 1 is 1.07 bits per heavy atom. The van der Waals surface area contributed by atoms with Crippen molar-refractivity contribution in [3.8, 4) is 5.75 Å². The van der Waals surface area contributed by atoms with Gasteiger partial charge in [-0.1, -0.05) is 11.6 Å². The third-order valence-corrected chi connectivity index (χ3v) is 5.81. The van der Waals surface area contributed by atoms with Gasteiger partial charge in [0.1, 0.15) is 12.4 Å². The molecule has 0 aromatic heterocycles. The van der Waals surface area contributed by atoms with Gasteiger partial charge in [-0.05, 0) is 49.4 Å². The lowest BCUT2D eigenvalue weighted by Gasteiger charge is -2.11. The molecule has 144 valence electrons. The smallest absolute Gasteiger partial charge is 0.307 e. The number of Topliss-reactive ketones (excluding diaryl/α,β-unsaturated/α-hetero) is 1. The van der Waals surface area contributed by atoms with Crippen LogP contribution in [0.25, 0.3) is 0 Å². The number of hydrogen-bond acceptors (Lipinski definition) is 6. The number of ether oxygens (including phenoxy) is 2. The molecule has 0 saturated carbocycles. The SMILES string of the molecule is COc1ccc(C(C)=O)cc1COC(=O)CCS(=O)(=O)c1ccc(Cl)cc1. The van der Waals surface area contributed by atoms with Crippen LogP contribution in [-0.2, 0) is 26.0 Å². The predicted molar refractivity (Wildman–Crippen MR) is 101 cm³/mol. The topological polar surface area (TPSA) is 86.7 Å². The monoisotopic (exact) mass is 410 g/mol. The van der Waals surface area contributed by atoms with Gasteiger partial charge >= 0.3 is 5.97 Å². The molecule has 2 rings (SSSR count). The lowest BCUT2D eigenvalue weighted by Crippen LogP contribution is -2.14. The zero-order chi connectivity index (χ0) is 20.0. The molecule has 0 heterocycles. The van der Waals surface area contributed by atoms with Crippen LogP contribution in [-0.4, -0.2) is 33.0 Å². The molecule has 0 bridgehead atoms. The summed E-state index contributed by atoms with van der Waals surface area (Å²) in [6.07, 6.45) is -0.292. The molecule has 0 spiro atoms. The number of methoxy groups -OCH3 is 1. The normalized spacial score (nSPS) is 11.1. The Hall–Kier alpha value is -2.38. The molecule has 8 heteroatoms. The molecule has 6 nitrogen and oxygen atoms in total. The van der Waals surface area contributed by atoms with Crippen molar-refractivity contribution in [1.29, 1.82) is 0 Å². The molecule has 0 atom stereocenters. The average Bonchev–Trinajstić information content (AvgIpc) is 2.64. The summed E-state index contributed by atoms with van der Waals surface area (Å²) in [5.74, 6) is -0.693. The Labute approximate surface area is 163 Å². The summed E-state index contributed by atoms with van der Waals surface area (Å²) in [4.78, 5) is 23.5. The zero-order valence-corrected chi connectivity index (χ0v) is 16.5. The first-order valence-corrected chi connectivity index (χ1v) is 10.1. The average molecular weight is 411 g/mol. The minimum atomic E-state index is -3.61. The summed E-state index contributed by atoms with van der Waals surface area (Å²) in [6.45, 7) is 1.31. The van der Waals surface area contributed by atoms with Crippen LogP contribution in [0.3, 0.4) is 0 Å². The second-order valence-corrected chi connectivity index (χ2v) is 8.31. The molecule has 0 aliphatic rings. The minimum absolute atomic E-state index is 0.0931. The first kappa shape index (κ1) is 20.9. The molecule has 0 aliphatic carbocycles. The Kier molecular flexibility index (Phi) is 6.98. The van der Waals surface area contributed by atoms with Gasteiger partial charge in [-0.2, -0.15) is 0 Å². The van der Waals surface area contributed by atoms with E-state index in [0.29, 0.717) is 21.9 Å². The zero-order valence-electron chi connectivity index (χ0n) is 14.9. The Balaban J connectivity index is 1.97. The maximum absolute atomic E-state index is 12.2. The lowest BCUT2D eigenvalue weighted by molar-refractivity contribution is -0.144. The first-order valence-electron chi connectivity index (χ1n) is 8.05. The molecule has 0 amide bonds. The lowest BCUT2D eigenvalue weighted by atomic mass is 10.1. The van der Waals surface area contributed by atoms with Crippen LogP contribution >= 0.6 is 11.6 Å². The van der Waals surface area contributed by atoms with Gasteiger partial charge in [0.25, 0.3) is 0 Å². The number of esters is 1. The standard InChI is InChI=1S/C19H19ClO6S/c1-13(21)14-3-8-18(25-2)15(11-14)12-26-19(22)9-10-27(23,24)17-6-4-16(20)5-7-17/h3-8,11H,9-10,12H2,1-2H3. The quantitative estimate of drug-likeness (QED) is 0.489. The molecule has 0 unspecified atom stereocenters. The number of carbonyl (C=O) groups is 2. The van der Waals surface area contributed by atoms with E-state index in [1.165, 1.54) is 38.3 Å². The second kappa shape index (κ2) is 9.01. The van der Waals surface area contributed by atoms with Crippen molar-refractivity contribution in [2.45, 2.75) is 24.8 Å². The fourth-order valence-electron chi connectivity index (χ4n) is 2.32. The first-order chi connectivity index (χ1) is 12.7. The van der Waals surface area contributed by atoms with Gasteiger partial charge in [0, 0.05) is 16.1 Å². The number of benzene rings is 2. The van der Waals surface area contributed by atoms with E-state index in [4.69, 9.17) is 21.1 Å². The summed E-state index contributed by atoms with van der Waals surface area (Å²) >= 11 is 5.74. The predicted octanol–water partition coefficient (Wildman–Crippen LogP) is 3.46. The van der Waals surface area contributed by atoms with Gasteiger partial charge < -0.3 is 9.47 Å². The molecule has 0 radical (unpaired) electrons. The van der Waals surface area contributed by atoms with E-state index in [1.807, 2.05) is 0 Å². The molecular formula is C19H19ClO6S. The van der Waals surface area contributed by atoms with Gasteiger partial charge in [-0.3, -0.25) is 9.59 Å². The molecule has 0 aliphatic heterocycles. The van der Waals surface area contributed by atoms with E-state index < -0.39 is 15.8 Å². The van der Waals surface area contributed by atoms with E-state index in [2.05, 4.69) is 0 Å². The van der Waals surface area contributed by atoms with E-state index >= 15 is 0 Å². The molecule has 27 heavy (non-hydrogen) atoms. The number of carbonyl (C=O) groups excluding carboxylic acids is 2. The van der Waals surface area contributed by atoms with E-state index in [1.54, 1.807) is 18.2 Å². The second-order valence-electron chi connectivity index (χ2n) is 5.77. The number of ketones is 1. The number of halogens is 1. The maximum Gasteiger partial charge on any atom is 0.307 e. The van der Waals surface area contributed by atoms with Crippen LogP contribution in [0.2, 0.25) is 5.02 Å². The number of hydrogen-bond donors (Lipinski definition) is 0. The van der Waals surface area contributed by atoms with Crippen molar-refractivity contribution in [3.05, 3.63) is 58.6 Å². The van der Waals surface area contributed by atoms with Crippen LogP contribution in [0, 0.1) is 0 Å². The van der Waals surface area contributed by atoms with Gasteiger partial charge in [0.05, 0.1) is 24.2 Å². The van der Waals surface area contributed by atoms with E-state index in [-0.39, 0.29) is 29.5 Å². The minimum Gasteiger partial charge on any atom is -0.496 e. The van der Waals surface area contributed by atoms with Crippen molar-refractivity contribution in [3.63, 3.8) is 0 Å². The fraction of sp³-hybridized carbons (Fsp3) is 0.263. The summed E-state index contributed by atoms with van der Waals surface area (Å²) in [7, 11) is -2.15. The van der Waals surface area contributed by atoms with Crippen LogP contribution in [0.15, 0.2) is 47.4 Å².